The van der Waals surface area contributed by atoms with Crippen LogP contribution in [0.5, 0.6) is 0 Å². The molecular formula is C10H6F3NO3S. The second kappa shape index (κ2) is 5.16. The average Bonchev–Trinajstić information content (AvgIpc) is 2.26. The maximum Gasteiger partial charge on any atom is 0.409 e. The number of carbonyl (C=O) groups excluding carboxylic acids is 1. The van der Waals surface area contributed by atoms with Crippen LogP contribution in [0.4, 0.5) is 13.2 Å². The Balaban J connectivity index is 3.33. The normalized spacial score (nSPS) is 12.4. The maximum absolute atomic E-state index is 12.0. The van der Waals surface area contributed by atoms with Crippen molar-refractivity contribution in [1.82, 2.24) is 0 Å². The van der Waals surface area contributed by atoms with E-state index in [1.54, 1.807) is 0 Å². The zero-order chi connectivity index (χ0) is 13.8. The maximum atomic E-state index is 12.0. The predicted octanol–water partition coefficient (Wildman–Crippen LogP) is 2.29. The van der Waals surface area contributed by atoms with Gasteiger partial charge in [0.2, 0.25) is 0 Å². The SMILES string of the molecule is O=C=NS(=O)(=O)c1ccccc1/C=C/C(F)(F)F. The van der Waals surface area contributed by atoms with Gasteiger partial charge in [0.1, 0.15) is 0 Å². The Morgan fingerprint density at radius 1 is 1.22 bits per heavy atom. The molecule has 0 N–H and O–H groups in total. The lowest BCUT2D eigenvalue weighted by Gasteiger charge is -2.03. The van der Waals surface area contributed by atoms with E-state index in [1.165, 1.54) is 12.1 Å². The van der Waals surface area contributed by atoms with E-state index >= 15 is 0 Å². The van der Waals surface area contributed by atoms with E-state index in [1.807, 2.05) is 0 Å². The monoisotopic (exact) mass is 277 g/mol. The highest BCUT2D eigenvalue weighted by molar-refractivity contribution is 7.90. The van der Waals surface area contributed by atoms with Crippen LogP contribution in [-0.4, -0.2) is 20.7 Å². The Morgan fingerprint density at radius 2 is 1.83 bits per heavy atom. The number of hydrogen-bond donors (Lipinski definition) is 0. The van der Waals surface area contributed by atoms with Gasteiger partial charge in [0.15, 0.2) is 0 Å². The lowest BCUT2D eigenvalue weighted by molar-refractivity contribution is -0.0790. The summed E-state index contributed by atoms with van der Waals surface area (Å²) >= 11 is 0. The molecule has 0 aliphatic rings. The molecule has 0 unspecified atom stereocenters. The summed E-state index contributed by atoms with van der Waals surface area (Å²) < 4.78 is 61.4. The smallest absolute Gasteiger partial charge is 0.210 e. The van der Waals surface area contributed by atoms with E-state index < -0.39 is 21.1 Å². The molecule has 0 aliphatic heterocycles. The lowest BCUT2D eigenvalue weighted by Crippen LogP contribution is -2.02. The van der Waals surface area contributed by atoms with Crippen molar-refractivity contribution in [3.8, 4) is 0 Å². The molecule has 18 heavy (non-hydrogen) atoms. The standard InChI is InChI=1S/C10H6F3NO3S/c11-10(12,13)6-5-8-3-1-2-4-9(8)18(16,17)14-7-15/h1-6H/b6-5+. The lowest BCUT2D eigenvalue weighted by atomic mass is 10.2. The number of halogens is 3. The molecule has 1 aromatic carbocycles. The fourth-order valence-corrected chi connectivity index (χ4v) is 2.02. The predicted molar refractivity (Wildman–Crippen MR) is 56.8 cm³/mol. The van der Waals surface area contributed by atoms with Crippen LogP contribution in [0.15, 0.2) is 39.6 Å². The average molecular weight is 277 g/mol. The fraction of sp³-hybridized carbons (Fsp3) is 0.100. The van der Waals surface area contributed by atoms with Gasteiger partial charge in [-0.3, -0.25) is 0 Å². The largest absolute Gasteiger partial charge is 0.409 e. The molecule has 0 heterocycles. The Labute approximate surface area is 101 Å². The van der Waals surface area contributed by atoms with Crippen LogP contribution in [0.1, 0.15) is 5.56 Å². The van der Waals surface area contributed by atoms with Gasteiger partial charge in [0.05, 0.1) is 4.90 Å². The number of alkyl halides is 3. The minimum absolute atomic E-state index is 0.105. The zero-order valence-corrected chi connectivity index (χ0v) is 9.49. The topological polar surface area (TPSA) is 63.6 Å². The Hall–Kier alpha value is -1.92. The molecule has 0 aliphatic carbocycles. The number of rotatable bonds is 3. The molecular weight excluding hydrogens is 271 g/mol. The van der Waals surface area contributed by atoms with E-state index in [0.717, 1.165) is 18.2 Å². The molecule has 8 heteroatoms. The third kappa shape index (κ3) is 3.83. The molecule has 1 aromatic rings. The summed E-state index contributed by atoms with van der Waals surface area (Å²) in [5.41, 5.74) is -0.214. The molecule has 0 aromatic heterocycles. The van der Waals surface area contributed by atoms with Gasteiger partial charge in [-0.15, -0.1) is 0 Å². The molecule has 96 valence electrons. The van der Waals surface area contributed by atoms with E-state index in [4.69, 9.17) is 0 Å². The van der Waals surface area contributed by atoms with Crippen LogP contribution < -0.4 is 0 Å². The van der Waals surface area contributed by atoms with Crippen molar-refractivity contribution < 1.29 is 26.4 Å². The molecule has 0 atom stereocenters. The van der Waals surface area contributed by atoms with Gasteiger partial charge in [0.25, 0.3) is 16.1 Å². The van der Waals surface area contributed by atoms with Gasteiger partial charge in [-0.2, -0.15) is 21.6 Å². The number of sulfonamides is 1. The molecule has 4 nitrogen and oxygen atoms in total. The third-order valence-corrected chi connectivity index (χ3v) is 3.05. The number of benzene rings is 1. The molecule has 0 radical (unpaired) electrons. The van der Waals surface area contributed by atoms with Gasteiger partial charge in [-0.1, -0.05) is 22.6 Å². The van der Waals surface area contributed by atoms with Crippen molar-refractivity contribution >= 4 is 22.2 Å². The molecule has 0 saturated heterocycles. The molecule has 0 amide bonds. The molecule has 0 saturated carbocycles. The summed E-state index contributed by atoms with van der Waals surface area (Å²) in [5.74, 6) is 0. The molecule has 0 bridgehead atoms. The number of isocyanates is 1. The first kappa shape index (κ1) is 14.1. The van der Waals surface area contributed by atoms with Crippen LogP contribution in [0.3, 0.4) is 0 Å². The Kier molecular flexibility index (Phi) is 4.05. The van der Waals surface area contributed by atoms with Crippen LogP contribution >= 0.6 is 0 Å². The van der Waals surface area contributed by atoms with Gasteiger partial charge in [-0.25, -0.2) is 4.79 Å². The molecule has 0 spiro atoms. The highest BCUT2D eigenvalue weighted by Gasteiger charge is 2.23. The quantitative estimate of drug-likeness (QED) is 0.629. The van der Waals surface area contributed by atoms with Crippen LogP contribution in [0.25, 0.3) is 6.08 Å². The first-order valence-corrected chi connectivity index (χ1v) is 5.89. The number of hydrogen-bond acceptors (Lipinski definition) is 3. The first-order chi connectivity index (χ1) is 8.26. The fourth-order valence-electron chi connectivity index (χ4n) is 1.14. The van der Waals surface area contributed by atoms with E-state index in [9.17, 15) is 26.4 Å². The minimum Gasteiger partial charge on any atom is -0.210 e. The Bertz CT molecular complexity index is 614. The summed E-state index contributed by atoms with van der Waals surface area (Å²) in [6.07, 6.45) is -3.23. The van der Waals surface area contributed by atoms with E-state index in [0.29, 0.717) is 6.08 Å². The van der Waals surface area contributed by atoms with Crippen LogP contribution in [-0.2, 0) is 14.8 Å². The van der Waals surface area contributed by atoms with Crippen molar-refractivity contribution in [3.63, 3.8) is 0 Å². The Morgan fingerprint density at radius 3 is 2.39 bits per heavy atom. The van der Waals surface area contributed by atoms with Gasteiger partial charge < -0.3 is 0 Å². The van der Waals surface area contributed by atoms with Crippen molar-refractivity contribution in [3.05, 3.63) is 35.9 Å². The van der Waals surface area contributed by atoms with Crippen molar-refractivity contribution in [2.75, 3.05) is 0 Å². The highest BCUT2D eigenvalue weighted by atomic mass is 32.2. The summed E-state index contributed by atoms with van der Waals surface area (Å²) in [5, 5.41) is 0. The van der Waals surface area contributed by atoms with Gasteiger partial charge in [-0.05, 0) is 17.7 Å². The highest BCUT2D eigenvalue weighted by Crippen LogP contribution is 2.22. The summed E-state index contributed by atoms with van der Waals surface area (Å²) in [4.78, 5) is 9.46. The van der Waals surface area contributed by atoms with Crippen molar-refractivity contribution in [2.45, 2.75) is 11.1 Å². The van der Waals surface area contributed by atoms with Crippen molar-refractivity contribution in [1.29, 1.82) is 0 Å². The van der Waals surface area contributed by atoms with Gasteiger partial charge in [0, 0.05) is 6.08 Å². The minimum atomic E-state index is -4.56. The second-order valence-electron chi connectivity index (χ2n) is 3.07. The number of allylic oxidation sites excluding steroid dienone is 1. The first-order valence-electron chi connectivity index (χ1n) is 4.45. The zero-order valence-electron chi connectivity index (χ0n) is 8.68. The van der Waals surface area contributed by atoms with Crippen LogP contribution in [0, 0.1) is 0 Å². The van der Waals surface area contributed by atoms with Crippen LogP contribution in [0.2, 0.25) is 0 Å². The molecule has 0 fully saturated rings. The van der Waals surface area contributed by atoms with E-state index in [-0.39, 0.29) is 11.6 Å². The van der Waals surface area contributed by atoms with E-state index in [2.05, 4.69) is 4.40 Å². The van der Waals surface area contributed by atoms with Gasteiger partial charge >= 0.3 is 6.18 Å². The second-order valence-corrected chi connectivity index (χ2v) is 4.64. The number of nitrogens with zero attached hydrogens (tertiary/aromatic N) is 1. The molecule has 1 rings (SSSR count). The summed E-state index contributed by atoms with van der Waals surface area (Å²) in [7, 11) is -4.33. The third-order valence-electron chi connectivity index (χ3n) is 1.81. The van der Waals surface area contributed by atoms with Crippen molar-refractivity contribution in [2.24, 2.45) is 4.40 Å². The summed E-state index contributed by atoms with van der Waals surface area (Å²) in [6.45, 7) is 0. The summed E-state index contributed by atoms with van der Waals surface area (Å²) in [6, 6.07) is 4.87.